The van der Waals surface area contributed by atoms with Gasteiger partial charge in [-0.2, -0.15) is 0 Å². The van der Waals surface area contributed by atoms with Gasteiger partial charge < -0.3 is 9.64 Å². The van der Waals surface area contributed by atoms with E-state index in [2.05, 4.69) is 0 Å². The van der Waals surface area contributed by atoms with Gasteiger partial charge in [0.25, 0.3) is 0 Å². The van der Waals surface area contributed by atoms with E-state index in [0.29, 0.717) is 12.2 Å². The molecule has 0 saturated heterocycles. The molecule has 0 aliphatic heterocycles. The number of carbonyl (C=O) groups is 2. The predicted octanol–water partition coefficient (Wildman–Crippen LogP) is 1.89. The Morgan fingerprint density at radius 3 is 2.47 bits per heavy atom. The topological polar surface area (TPSA) is 46.6 Å². The number of ketones is 1. The molecule has 0 heterocycles. The Morgan fingerprint density at radius 2 is 1.88 bits per heavy atom. The van der Waals surface area contributed by atoms with Crippen LogP contribution in [0.15, 0.2) is 24.3 Å². The first kappa shape index (κ1) is 13.2. The molecule has 0 aromatic heterocycles. The molecule has 0 aliphatic carbocycles. The van der Waals surface area contributed by atoms with Crippen molar-refractivity contribution < 1.29 is 14.3 Å². The number of hydrogen-bond donors (Lipinski definition) is 0. The number of anilines is 1. The van der Waals surface area contributed by atoms with Crippen molar-refractivity contribution >= 4 is 17.4 Å². The van der Waals surface area contributed by atoms with Gasteiger partial charge in [-0.15, -0.1) is 0 Å². The summed E-state index contributed by atoms with van der Waals surface area (Å²) in [4.78, 5) is 25.0. The van der Waals surface area contributed by atoms with Gasteiger partial charge in [-0.25, -0.2) is 0 Å². The van der Waals surface area contributed by atoms with Gasteiger partial charge in [0.1, 0.15) is 6.42 Å². The van der Waals surface area contributed by atoms with Crippen molar-refractivity contribution in [1.82, 2.24) is 0 Å². The van der Waals surface area contributed by atoms with Gasteiger partial charge in [-0.3, -0.25) is 9.59 Å². The van der Waals surface area contributed by atoms with E-state index in [1.165, 1.54) is 0 Å². The highest BCUT2D eigenvalue weighted by Gasteiger charge is 2.16. The van der Waals surface area contributed by atoms with Gasteiger partial charge >= 0.3 is 5.97 Å². The average Bonchev–Trinajstić information content (AvgIpc) is 2.29. The summed E-state index contributed by atoms with van der Waals surface area (Å²) in [7, 11) is 3.72. The molecule has 17 heavy (non-hydrogen) atoms. The van der Waals surface area contributed by atoms with E-state index in [1.54, 1.807) is 19.1 Å². The maximum Gasteiger partial charge on any atom is 0.313 e. The van der Waals surface area contributed by atoms with Crippen LogP contribution >= 0.6 is 0 Å². The normalized spacial score (nSPS) is 9.82. The minimum Gasteiger partial charge on any atom is -0.466 e. The van der Waals surface area contributed by atoms with Crippen LogP contribution in [-0.4, -0.2) is 32.5 Å². The fourth-order valence-corrected chi connectivity index (χ4v) is 1.54. The zero-order valence-corrected chi connectivity index (χ0v) is 10.4. The number of esters is 1. The van der Waals surface area contributed by atoms with Crippen LogP contribution in [0.4, 0.5) is 5.69 Å². The van der Waals surface area contributed by atoms with E-state index >= 15 is 0 Å². The molecule has 0 unspecified atom stereocenters. The van der Waals surface area contributed by atoms with Crippen LogP contribution in [0.5, 0.6) is 0 Å². The summed E-state index contributed by atoms with van der Waals surface area (Å²) >= 11 is 0. The highest BCUT2D eigenvalue weighted by molar-refractivity contribution is 6.09. The van der Waals surface area contributed by atoms with Crippen LogP contribution in [0.2, 0.25) is 0 Å². The van der Waals surface area contributed by atoms with Crippen molar-refractivity contribution in [2.75, 3.05) is 25.6 Å². The minimum atomic E-state index is -0.481. The second kappa shape index (κ2) is 6.03. The van der Waals surface area contributed by atoms with Crippen LogP contribution in [0.25, 0.3) is 0 Å². The number of rotatable bonds is 5. The lowest BCUT2D eigenvalue weighted by molar-refractivity contribution is -0.141. The van der Waals surface area contributed by atoms with E-state index in [0.717, 1.165) is 5.69 Å². The van der Waals surface area contributed by atoms with E-state index < -0.39 is 5.97 Å². The van der Waals surface area contributed by atoms with Gasteiger partial charge in [0.2, 0.25) is 0 Å². The lowest BCUT2D eigenvalue weighted by Crippen LogP contribution is -2.16. The number of hydrogen-bond acceptors (Lipinski definition) is 4. The Morgan fingerprint density at radius 1 is 1.24 bits per heavy atom. The van der Waals surface area contributed by atoms with Crippen molar-refractivity contribution in [1.29, 1.82) is 0 Å². The van der Waals surface area contributed by atoms with E-state index in [-0.39, 0.29) is 12.2 Å². The monoisotopic (exact) mass is 235 g/mol. The molecule has 0 saturated carbocycles. The molecule has 1 aromatic rings. The third-order valence-corrected chi connectivity index (χ3v) is 2.30. The Bertz CT molecular complexity index is 413. The SMILES string of the molecule is CCOC(=O)CC(=O)c1ccccc1N(C)C. The van der Waals surface area contributed by atoms with Crippen LogP contribution in [0.3, 0.4) is 0 Å². The summed E-state index contributed by atoms with van der Waals surface area (Å²) in [6.45, 7) is 2.01. The average molecular weight is 235 g/mol. The highest BCUT2D eigenvalue weighted by atomic mass is 16.5. The fraction of sp³-hybridized carbons (Fsp3) is 0.385. The molecule has 0 amide bonds. The zero-order chi connectivity index (χ0) is 12.8. The smallest absolute Gasteiger partial charge is 0.313 e. The molecular weight excluding hydrogens is 218 g/mol. The summed E-state index contributed by atoms with van der Waals surface area (Å²) in [5.41, 5.74) is 1.35. The van der Waals surface area contributed by atoms with E-state index in [1.807, 2.05) is 31.1 Å². The van der Waals surface area contributed by atoms with Crippen molar-refractivity contribution in [3.63, 3.8) is 0 Å². The van der Waals surface area contributed by atoms with Gasteiger partial charge in [0.05, 0.1) is 6.61 Å². The summed E-state index contributed by atoms with van der Waals surface area (Å²) < 4.78 is 4.76. The van der Waals surface area contributed by atoms with Crippen molar-refractivity contribution in [3.05, 3.63) is 29.8 Å². The molecule has 0 fully saturated rings. The predicted molar refractivity (Wildman–Crippen MR) is 66.3 cm³/mol. The van der Waals surface area contributed by atoms with Crippen LogP contribution in [-0.2, 0) is 9.53 Å². The molecular formula is C13H17NO3. The summed E-state index contributed by atoms with van der Waals surface area (Å²) in [5, 5.41) is 0. The molecule has 0 bridgehead atoms. The largest absolute Gasteiger partial charge is 0.466 e. The molecule has 0 aliphatic rings. The lowest BCUT2D eigenvalue weighted by Gasteiger charge is -2.16. The van der Waals surface area contributed by atoms with E-state index in [9.17, 15) is 9.59 Å². The lowest BCUT2D eigenvalue weighted by atomic mass is 10.1. The second-order valence-electron chi connectivity index (χ2n) is 3.82. The third-order valence-electron chi connectivity index (χ3n) is 2.30. The van der Waals surface area contributed by atoms with Crippen molar-refractivity contribution in [2.24, 2.45) is 0 Å². The number of ether oxygens (including phenoxy) is 1. The second-order valence-corrected chi connectivity index (χ2v) is 3.82. The maximum absolute atomic E-state index is 11.9. The molecule has 0 spiro atoms. The van der Waals surface area contributed by atoms with Gasteiger partial charge in [0.15, 0.2) is 5.78 Å². The van der Waals surface area contributed by atoms with Crippen molar-refractivity contribution in [2.45, 2.75) is 13.3 Å². The Kier molecular flexibility index (Phi) is 4.69. The summed E-state index contributed by atoms with van der Waals surface area (Å²) in [6, 6.07) is 7.21. The minimum absolute atomic E-state index is 0.210. The quantitative estimate of drug-likeness (QED) is 0.444. The number of Topliss-reactive ketones (excluding diaryl/α,β-unsaturated/α-hetero) is 1. The standard InChI is InChI=1S/C13H17NO3/c1-4-17-13(16)9-12(15)10-7-5-6-8-11(10)14(2)3/h5-8H,4,9H2,1-3H3. The molecule has 1 aromatic carbocycles. The van der Waals surface area contributed by atoms with Crippen LogP contribution in [0, 0.1) is 0 Å². The maximum atomic E-state index is 11.9. The Hall–Kier alpha value is -1.84. The molecule has 4 heteroatoms. The first-order valence-electron chi connectivity index (χ1n) is 5.51. The van der Waals surface area contributed by atoms with Gasteiger partial charge in [-0.1, -0.05) is 12.1 Å². The number of para-hydroxylation sites is 1. The number of nitrogens with zero attached hydrogens (tertiary/aromatic N) is 1. The fourth-order valence-electron chi connectivity index (χ4n) is 1.54. The van der Waals surface area contributed by atoms with Crippen LogP contribution in [0.1, 0.15) is 23.7 Å². The molecule has 0 N–H and O–H groups in total. The summed E-state index contributed by atoms with van der Waals surface area (Å²) in [5.74, 6) is -0.696. The molecule has 4 nitrogen and oxygen atoms in total. The Balaban J connectivity index is 2.85. The van der Waals surface area contributed by atoms with Crippen molar-refractivity contribution in [3.8, 4) is 0 Å². The first-order valence-corrected chi connectivity index (χ1v) is 5.51. The van der Waals surface area contributed by atoms with E-state index in [4.69, 9.17) is 4.74 Å². The molecule has 1 rings (SSSR count). The van der Waals surface area contributed by atoms with Crippen LogP contribution < -0.4 is 4.90 Å². The molecule has 92 valence electrons. The van der Waals surface area contributed by atoms with Gasteiger partial charge in [-0.05, 0) is 19.1 Å². The molecule has 0 radical (unpaired) electrons. The highest BCUT2D eigenvalue weighted by Crippen LogP contribution is 2.19. The van der Waals surface area contributed by atoms with Gasteiger partial charge in [0, 0.05) is 25.3 Å². The number of carbonyl (C=O) groups excluding carboxylic acids is 2. The Labute approximate surface area is 101 Å². The molecule has 0 atom stereocenters. The first-order chi connectivity index (χ1) is 8.06. The zero-order valence-electron chi connectivity index (χ0n) is 10.4. The summed E-state index contributed by atoms with van der Waals surface area (Å²) in [6.07, 6.45) is -0.210. The number of benzene rings is 1. The third kappa shape index (κ3) is 3.59.